The van der Waals surface area contributed by atoms with E-state index in [1.54, 1.807) is 42.9 Å². The lowest BCUT2D eigenvalue weighted by molar-refractivity contribution is -0.115. The predicted octanol–water partition coefficient (Wildman–Crippen LogP) is 3.25. The van der Waals surface area contributed by atoms with Crippen LogP contribution in [0.2, 0.25) is 10.0 Å². The Kier molecular flexibility index (Phi) is 5.04. The summed E-state index contributed by atoms with van der Waals surface area (Å²) < 4.78 is 28.8. The van der Waals surface area contributed by atoms with Crippen LogP contribution >= 0.6 is 23.2 Å². The molecule has 0 saturated carbocycles. The highest BCUT2D eigenvalue weighted by Gasteiger charge is 2.48. The van der Waals surface area contributed by atoms with Gasteiger partial charge in [0.2, 0.25) is 5.91 Å². The number of aromatic nitrogens is 2. The van der Waals surface area contributed by atoms with E-state index in [1.165, 1.54) is 22.9 Å². The van der Waals surface area contributed by atoms with Crippen molar-refractivity contribution in [3.05, 3.63) is 80.2 Å². The lowest BCUT2D eigenvalue weighted by Gasteiger charge is -2.23. The Morgan fingerprint density at radius 2 is 1.70 bits per heavy atom. The number of para-hydroxylation sites is 1. The lowest BCUT2D eigenvalue weighted by atomic mass is 10.2. The monoisotopic (exact) mass is 465 g/mol. The van der Waals surface area contributed by atoms with Crippen LogP contribution in [0.1, 0.15) is 16.6 Å². The molecule has 10 heteroatoms. The Morgan fingerprint density at radius 1 is 1.03 bits per heavy atom. The standard InChI is InChI=1S/C20H17Cl2N3O4S/c1-12-18(19(27)25(23(12)2)14-6-4-3-5-7-14)24-17(26)11-30(28,29)20(24)15-9-8-13(21)10-16(15)22/h3-10,20H,11H2,1-2H3. The first-order chi connectivity index (χ1) is 14.1. The van der Waals surface area contributed by atoms with Crippen LogP contribution in [0.5, 0.6) is 0 Å². The molecule has 30 heavy (non-hydrogen) atoms. The number of carbonyl (C=O) groups excluding carboxylic acids is 1. The van der Waals surface area contributed by atoms with Crippen molar-refractivity contribution in [1.29, 1.82) is 0 Å². The van der Waals surface area contributed by atoms with Crippen molar-refractivity contribution >= 4 is 44.6 Å². The fourth-order valence-electron chi connectivity index (χ4n) is 3.72. The number of sulfone groups is 1. The van der Waals surface area contributed by atoms with E-state index in [0.29, 0.717) is 16.4 Å². The Morgan fingerprint density at radius 3 is 2.33 bits per heavy atom. The number of halogens is 2. The molecule has 1 saturated heterocycles. The molecule has 0 spiro atoms. The maximum atomic E-state index is 13.4. The van der Waals surface area contributed by atoms with Crippen LogP contribution in [0.15, 0.2) is 53.3 Å². The third-order valence-electron chi connectivity index (χ3n) is 5.16. The van der Waals surface area contributed by atoms with E-state index in [9.17, 15) is 18.0 Å². The smallest absolute Gasteiger partial charge is 0.283 e. The highest BCUT2D eigenvalue weighted by Crippen LogP contribution is 2.41. The van der Waals surface area contributed by atoms with Gasteiger partial charge in [-0.1, -0.05) is 47.5 Å². The Balaban J connectivity index is 1.97. The molecule has 3 aromatic rings. The quantitative estimate of drug-likeness (QED) is 0.594. The molecule has 7 nitrogen and oxygen atoms in total. The molecule has 0 N–H and O–H groups in total. The summed E-state index contributed by atoms with van der Waals surface area (Å²) in [6.07, 6.45) is 0. The molecule has 2 aromatic carbocycles. The molecular formula is C20H17Cl2N3O4S. The molecule has 1 aromatic heterocycles. The second-order valence-electron chi connectivity index (χ2n) is 7.00. The highest BCUT2D eigenvalue weighted by atomic mass is 35.5. The summed E-state index contributed by atoms with van der Waals surface area (Å²) in [5.41, 5.74) is 0.741. The molecule has 156 valence electrons. The van der Waals surface area contributed by atoms with Gasteiger partial charge in [0.1, 0.15) is 11.4 Å². The van der Waals surface area contributed by atoms with Crippen LogP contribution in [0.25, 0.3) is 5.69 Å². The number of hydrogen-bond donors (Lipinski definition) is 0. The van der Waals surface area contributed by atoms with Gasteiger partial charge in [0, 0.05) is 22.7 Å². The minimum absolute atomic E-state index is 0.00319. The van der Waals surface area contributed by atoms with Gasteiger partial charge in [-0.25, -0.2) is 13.1 Å². The molecule has 1 amide bonds. The van der Waals surface area contributed by atoms with Crippen molar-refractivity contribution in [2.45, 2.75) is 12.3 Å². The van der Waals surface area contributed by atoms with Gasteiger partial charge in [-0.3, -0.25) is 19.2 Å². The molecule has 1 atom stereocenters. The summed E-state index contributed by atoms with van der Waals surface area (Å²) in [7, 11) is -2.26. The van der Waals surface area contributed by atoms with Gasteiger partial charge in [0.15, 0.2) is 15.2 Å². The molecule has 1 aliphatic rings. The average Bonchev–Trinajstić information content (AvgIpc) is 3.04. The van der Waals surface area contributed by atoms with Crippen molar-refractivity contribution in [2.75, 3.05) is 10.7 Å². The van der Waals surface area contributed by atoms with Crippen molar-refractivity contribution < 1.29 is 13.2 Å². The second kappa shape index (κ2) is 7.30. The van der Waals surface area contributed by atoms with Crippen LogP contribution < -0.4 is 10.5 Å². The highest BCUT2D eigenvalue weighted by molar-refractivity contribution is 7.93. The number of carbonyl (C=O) groups is 1. The van der Waals surface area contributed by atoms with E-state index in [1.807, 2.05) is 6.07 Å². The maximum absolute atomic E-state index is 13.4. The molecule has 1 unspecified atom stereocenters. The summed E-state index contributed by atoms with van der Waals surface area (Å²) >= 11 is 12.2. The van der Waals surface area contributed by atoms with E-state index in [2.05, 4.69) is 0 Å². The molecular weight excluding hydrogens is 449 g/mol. The first kappa shape index (κ1) is 20.7. The molecule has 1 fully saturated rings. The largest absolute Gasteiger partial charge is 0.295 e. The fraction of sp³-hybridized carbons (Fsp3) is 0.200. The second-order valence-corrected chi connectivity index (χ2v) is 9.90. The van der Waals surface area contributed by atoms with Crippen LogP contribution in [0.3, 0.4) is 0 Å². The number of hydrogen-bond acceptors (Lipinski definition) is 4. The Bertz CT molecular complexity index is 1330. The number of rotatable bonds is 3. The van der Waals surface area contributed by atoms with Crippen molar-refractivity contribution in [1.82, 2.24) is 9.36 Å². The van der Waals surface area contributed by atoms with E-state index in [4.69, 9.17) is 23.2 Å². The number of anilines is 1. The molecule has 2 heterocycles. The minimum Gasteiger partial charge on any atom is -0.283 e. The van der Waals surface area contributed by atoms with Crippen LogP contribution in [-0.4, -0.2) is 29.4 Å². The first-order valence-corrected chi connectivity index (χ1v) is 11.4. The zero-order chi connectivity index (χ0) is 21.8. The van der Waals surface area contributed by atoms with Gasteiger partial charge < -0.3 is 0 Å². The number of nitrogens with zero attached hydrogens (tertiary/aromatic N) is 3. The predicted molar refractivity (Wildman–Crippen MR) is 116 cm³/mol. The third-order valence-corrected chi connectivity index (χ3v) is 7.52. The van der Waals surface area contributed by atoms with Crippen LogP contribution in [0.4, 0.5) is 5.69 Å². The fourth-order valence-corrected chi connectivity index (χ4v) is 6.07. The zero-order valence-electron chi connectivity index (χ0n) is 16.0. The summed E-state index contributed by atoms with van der Waals surface area (Å²) in [5.74, 6) is -1.40. The average molecular weight is 466 g/mol. The zero-order valence-corrected chi connectivity index (χ0v) is 18.4. The SMILES string of the molecule is Cc1c(N2C(=O)CS(=O)(=O)C2c2ccc(Cl)cc2Cl)c(=O)n(-c2ccccc2)n1C. The van der Waals surface area contributed by atoms with Gasteiger partial charge in [0.25, 0.3) is 5.56 Å². The Labute approximate surface area is 182 Å². The van der Waals surface area contributed by atoms with Crippen LogP contribution in [0, 0.1) is 6.92 Å². The molecule has 0 radical (unpaired) electrons. The third kappa shape index (κ3) is 3.15. The van der Waals surface area contributed by atoms with E-state index < -0.39 is 32.4 Å². The van der Waals surface area contributed by atoms with E-state index >= 15 is 0 Å². The molecule has 0 aliphatic carbocycles. The van der Waals surface area contributed by atoms with E-state index in [-0.39, 0.29) is 16.3 Å². The van der Waals surface area contributed by atoms with Crippen molar-refractivity contribution in [3.63, 3.8) is 0 Å². The Hall–Kier alpha value is -2.55. The minimum atomic E-state index is -3.93. The summed E-state index contributed by atoms with van der Waals surface area (Å²) in [6.45, 7) is 1.66. The van der Waals surface area contributed by atoms with Gasteiger partial charge >= 0.3 is 0 Å². The summed E-state index contributed by atoms with van der Waals surface area (Å²) in [4.78, 5) is 27.2. The molecule has 4 rings (SSSR count). The van der Waals surface area contributed by atoms with Gasteiger partial charge in [-0.05, 0) is 31.2 Å². The summed E-state index contributed by atoms with van der Waals surface area (Å²) in [5, 5.41) is -0.972. The van der Waals surface area contributed by atoms with Gasteiger partial charge in [0.05, 0.1) is 11.4 Å². The molecule has 1 aliphatic heterocycles. The van der Waals surface area contributed by atoms with Gasteiger partial charge in [-0.15, -0.1) is 0 Å². The van der Waals surface area contributed by atoms with Crippen molar-refractivity contribution in [2.24, 2.45) is 7.05 Å². The maximum Gasteiger partial charge on any atom is 0.295 e. The topological polar surface area (TPSA) is 81.4 Å². The van der Waals surface area contributed by atoms with Crippen LogP contribution in [-0.2, 0) is 21.7 Å². The van der Waals surface area contributed by atoms with Gasteiger partial charge in [-0.2, -0.15) is 0 Å². The number of amides is 1. The summed E-state index contributed by atoms with van der Waals surface area (Å²) in [6, 6.07) is 13.3. The first-order valence-electron chi connectivity index (χ1n) is 8.96. The van der Waals surface area contributed by atoms with Crippen molar-refractivity contribution in [3.8, 4) is 5.69 Å². The normalized spacial score (nSPS) is 18.2. The number of benzene rings is 2. The molecule has 0 bridgehead atoms. The van der Waals surface area contributed by atoms with E-state index in [0.717, 1.165) is 4.90 Å². The lowest BCUT2D eigenvalue weighted by Crippen LogP contribution is -2.34.